The number of carbonyl (C=O) groups is 1. The molecule has 0 fully saturated rings. The molecule has 1 aromatic carbocycles. The van der Waals surface area contributed by atoms with E-state index >= 15 is 0 Å². The van der Waals surface area contributed by atoms with Gasteiger partial charge >= 0.3 is 0 Å². The van der Waals surface area contributed by atoms with Crippen molar-refractivity contribution in [3.63, 3.8) is 0 Å². The zero-order chi connectivity index (χ0) is 21.4. The Hall–Kier alpha value is -4.33. The molecule has 0 aliphatic heterocycles. The summed E-state index contributed by atoms with van der Waals surface area (Å²) in [6.07, 6.45) is 1.71. The van der Waals surface area contributed by atoms with E-state index in [1.165, 1.54) is 0 Å². The van der Waals surface area contributed by atoms with E-state index in [9.17, 15) is 4.79 Å². The second-order valence-electron chi connectivity index (χ2n) is 7.09. The summed E-state index contributed by atoms with van der Waals surface area (Å²) in [5, 5.41) is 16.0. The number of rotatable bonds is 4. The maximum Gasteiger partial charge on any atom is 0.259 e. The summed E-state index contributed by atoms with van der Waals surface area (Å²) < 4.78 is 7.11. The van der Waals surface area contributed by atoms with Gasteiger partial charge in [-0.05, 0) is 56.3 Å². The molecule has 4 aromatic heterocycles. The van der Waals surface area contributed by atoms with Crippen molar-refractivity contribution in [3.8, 4) is 22.8 Å². The van der Waals surface area contributed by atoms with Gasteiger partial charge in [0.2, 0.25) is 5.82 Å². The van der Waals surface area contributed by atoms with Gasteiger partial charge in [0.05, 0.1) is 11.3 Å². The van der Waals surface area contributed by atoms with Crippen LogP contribution >= 0.6 is 0 Å². The molecule has 8 heteroatoms. The molecule has 5 aromatic rings. The van der Waals surface area contributed by atoms with Gasteiger partial charge in [0.15, 0.2) is 5.65 Å². The van der Waals surface area contributed by atoms with Crippen molar-refractivity contribution in [1.82, 2.24) is 24.8 Å². The lowest BCUT2D eigenvalue weighted by molar-refractivity contribution is 0.102. The van der Waals surface area contributed by atoms with Crippen molar-refractivity contribution in [2.45, 2.75) is 13.8 Å². The fourth-order valence-electron chi connectivity index (χ4n) is 3.38. The predicted octanol–water partition coefficient (Wildman–Crippen LogP) is 4.32. The van der Waals surface area contributed by atoms with Crippen LogP contribution in [0.15, 0.2) is 71.3 Å². The molecule has 152 valence electrons. The highest BCUT2D eigenvalue weighted by Gasteiger charge is 2.14. The van der Waals surface area contributed by atoms with Crippen LogP contribution in [0, 0.1) is 13.8 Å². The van der Waals surface area contributed by atoms with Crippen molar-refractivity contribution < 1.29 is 9.21 Å². The van der Waals surface area contributed by atoms with Gasteiger partial charge in [0.25, 0.3) is 5.91 Å². The van der Waals surface area contributed by atoms with E-state index in [1.54, 1.807) is 23.7 Å². The second kappa shape index (κ2) is 7.49. The Kier molecular flexibility index (Phi) is 4.51. The summed E-state index contributed by atoms with van der Waals surface area (Å²) in [6, 6.07) is 18.6. The number of nitrogens with zero attached hydrogens (tertiary/aromatic N) is 5. The van der Waals surface area contributed by atoms with Gasteiger partial charge in [-0.1, -0.05) is 18.2 Å². The third kappa shape index (κ3) is 3.55. The van der Waals surface area contributed by atoms with E-state index in [1.807, 2.05) is 61.5 Å². The first-order chi connectivity index (χ1) is 15.1. The number of benzene rings is 1. The molecule has 1 amide bonds. The average molecular weight is 410 g/mol. The molecule has 5 rings (SSSR count). The number of carbonyl (C=O) groups excluding carboxylic acids is 1. The minimum absolute atomic E-state index is 0.203. The van der Waals surface area contributed by atoms with E-state index < -0.39 is 0 Å². The number of pyridine rings is 1. The van der Waals surface area contributed by atoms with Gasteiger partial charge in [0, 0.05) is 17.4 Å². The molecule has 0 aliphatic carbocycles. The molecule has 0 bridgehead atoms. The molecule has 0 saturated carbocycles. The summed E-state index contributed by atoms with van der Waals surface area (Å²) in [5.74, 6) is 1.68. The molecule has 0 spiro atoms. The number of hydrogen-bond acceptors (Lipinski definition) is 6. The molecule has 0 aliphatic rings. The fourth-order valence-corrected chi connectivity index (χ4v) is 3.38. The van der Waals surface area contributed by atoms with Crippen molar-refractivity contribution in [2.24, 2.45) is 0 Å². The molecule has 1 N–H and O–H groups in total. The van der Waals surface area contributed by atoms with E-state index in [0.29, 0.717) is 39.9 Å². The van der Waals surface area contributed by atoms with Gasteiger partial charge in [-0.3, -0.25) is 9.78 Å². The number of amides is 1. The van der Waals surface area contributed by atoms with E-state index in [0.717, 1.165) is 11.3 Å². The van der Waals surface area contributed by atoms with Gasteiger partial charge in [-0.2, -0.15) is 9.61 Å². The van der Waals surface area contributed by atoms with Crippen LogP contribution < -0.4 is 5.32 Å². The van der Waals surface area contributed by atoms with Crippen LogP contribution in [0.2, 0.25) is 0 Å². The number of hydrogen-bond donors (Lipinski definition) is 1. The minimum atomic E-state index is -0.203. The summed E-state index contributed by atoms with van der Waals surface area (Å²) in [4.78, 5) is 16.8. The fraction of sp³-hybridized carbons (Fsp3) is 0.0870. The number of furan rings is 1. The first-order valence-electron chi connectivity index (χ1n) is 9.71. The molecule has 31 heavy (non-hydrogen) atoms. The zero-order valence-electron chi connectivity index (χ0n) is 16.9. The highest BCUT2D eigenvalue weighted by Crippen LogP contribution is 2.23. The van der Waals surface area contributed by atoms with Crippen molar-refractivity contribution >= 4 is 17.2 Å². The number of nitrogens with one attached hydrogen (secondary N) is 1. The molecular formula is C23H18N6O2. The summed E-state index contributed by atoms with van der Waals surface area (Å²) in [5.41, 5.74) is 4.20. The first-order valence-corrected chi connectivity index (χ1v) is 9.71. The Balaban J connectivity index is 1.42. The lowest BCUT2D eigenvalue weighted by Gasteiger charge is -2.07. The summed E-state index contributed by atoms with van der Waals surface area (Å²) in [7, 11) is 0. The monoisotopic (exact) mass is 410 g/mol. The first kappa shape index (κ1) is 18.7. The second-order valence-corrected chi connectivity index (χ2v) is 7.09. The van der Waals surface area contributed by atoms with Gasteiger partial charge in [-0.25, -0.2) is 0 Å². The number of aromatic nitrogens is 5. The number of aryl methyl sites for hydroxylation is 2. The molecule has 0 radical (unpaired) electrons. The van der Waals surface area contributed by atoms with Crippen molar-refractivity contribution in [3.05, 3.63) is 83.9 Å². The van der Waals surface area contributed by atoms with Crippen LogP contribution in [-0.4, -0.2) is 30.7 Å². The van der Waals surface area contributed by atoms with Crippen LogP contribution in [0.1, 0.15) is 21.9 Å². The topological polar surface area (TPSA) is 98.2 Å². The molecule has 0 unspecified atom stereocenters. The summed E-state index contributed by atoms with van der Waals surface area (Å²) >= 11 is 0. The van der Waals surface area contributed by atoms with E-state index in [-0.39, 0.29) is 5.91 Å². The molecule has 0 atom stereocenters. The SMILES string of the molecule is Cc1cc(C(=O)Nc2ccc(-c3ccc4nnc(-c5ccccn5)n4n3)cc2)c(C)o1. The van der Waals surface area contributed by atoms with Crippen LogP contribution in [0.5, 0.6) is 0 Å². The lowest BCUT2D eigenvalue weighted by Crippen LogP contribution is -2.12. The summed E-state index contributed by atoms with van der Waals surface area (Å²) in [6.45, 7) is 3.59. The Morgan fingerprint density at radius 3 is 2.52 bits per heavy atom. The van der Waals surface area contributed by atoms with Crippen LogP contribution in [0.3, 0.4) is 0 Å². The molecule has 0 saturated heterocycles. The highest BCUT2D eigenvalue weighted by atomic mass is 16.3. The maximum absolute atomic E-state index is 12.5. The van der Waals surface area contributed by atoms with Crippen LogP contribution in [-0.2, 0) is 0 Å². The van der Waals surface area contributed by atoms with E-state index in [2.05, 4.69) is 25.6 Å². The normalized spacial score (nSPS) is 11.0. The third-order valence-corrected chi connectivity index (χ3v) is 4.88. The smallest absolute Gasteiger partial charge is 0.259 e. The lowest BCUT2D eigenvalue weighted by atomic mass is 10.1. The Morgan fingerprint density at radius 2 is 1.81 bits per heavy atom. The number of fused-ring (bicyclic) bond motifs is 1. The molecule has 8 nitrogen and oxygen atoms in total. The van der Waals surface area contributed by atoms with Crippen molar-refractivity contribution in [2.75, 3.05) is 5.32 Å². The number of anilines is 1. The average Bonchev–Trinajstić information content (AvgIpc) is 3.36. The van der Waals surface area contributed by atoms with Gasteiger partial charge in [0.1, 0.15) is 17.2 Å². The maximum atomic E-state index is 12.5. The zero-order valence-corrected chi connectivity index (χ0v) is 16.9. The van der Waals surface area contributed by atoms with Crippen LogP contribution in [0.25, 0.3) is 28.4 Å². The van der Waals surface area contributed by atoms with Gasteiger partial charge in [-0.15, -0.1) is 10.2 Å². The largest absolute Gasteiger partial charge is 0.466 e. The molecular weight excluding hydrogens is 392 g/mol. The van der Waals surface area contributed by atoms with E-state index in [4.69, 9.17) is 4.42 Å². The Bertz CT molecular complexity index is 1390. The standard InChI is InChI=1S/C23H18N6O2/c1-14-13-18(15(2)31-14)23(30)25-17-8-6-16(7-9-17)19-10-11-21-26-27-22(29(21)28-19)20-5-3-4-12-24-20/h3-13H,1-2H3,(H,25,30). The molecule has 4 heterocycles. The Labute approximate surface area is 177 Å². The predicted molar refractivity (Wildman–Crippen MR) is 116 cm³/mol. The quantitative estimate of drug-likeness (QED) is 0.474. The van der Waals surface area contributed by atoms with Gasteiger partial charge < -0.3 is 9.73 Å². The van der Waals surface area contributed by atoms with Crippen molar-refractivity contribution in [1.29, 1.82) is 0 Å². The highest BCUT2D eigenvalue weighted by molar-refractivity contribution is 6.05. The third-order valence-electron chi connectivity index (χ3n) is 4.88. The Morgan fingerprint density at radius 1 is 0.968 bits per heavy atom. The van der Waals surface area contributed by atoms with Crippen LogP contribution in [0.4, 0.5) is 5.69 Å². The minimum Gasteiger partial charge on any atom is -0.466 e.